The summed E-state index contributed by atoms with van der Waals surface area (Å²) in [6, 6.07) is 11.6. The van der Waals surface area contributed by atoms with E-state index in [0.29, 0.717) is 23.0 Å². The van der Waals surface area contributed by atoms with Crippen LogP contribution in [0.5, 0.6) is 11.5 Å². The molecule has 28 heavy (non-hydrogen) atoms. The minimum Gasteiger partial charge on any atom is -0.493 e. The van der Waals surface area contributed by atoms with Crippen molar-refractivity contribution in [2.45, 2.75) is 20.0 Å². The highest BCUT2D eigenvalue weighted by molar-refractivity contribution is 7.16. The number of carbonyl (C=O) groups excluding carboxylic acids is 1. The first-order chi connectivity index (χ1) is 13.5. The number of carbonyl (C=O) groups is 1. The second-order valence-corrected chi connectivity index (χ2v) is 7.40. The Morgan fingerprint density at radius 2 is 2.04 bits per heavy atom. The minimum atomic E-state index is -2.86. The van der Waals surface area contributed by atoms with Crippen molar-refractivity contribution in [1.29, 1.82) is 0 Å². The number of benzene rings is 2. The number of anilines is 1. The van der Waals surface area contributed by atoms with Crippen molar-refractivity contribution in [2.24, 2.45) is 0 Å². The standard InChI is InChI=1S/C20H16F2N2O3S/c1-11-17(12-2-5-15(6-3-12)27-19(21)22)23-20(28-11)24-18(25)14-4-7-16-13(10-14)8-9-26-16/h2-7,10,19H,8-9H2,1H3,(H,23,24,25). The molecule has 0 radical (unpaired) electrons. The number of hydrogen-bond donors (Lipinski definition) is 1. The number of ether oxygens (including phenoxy) is 2. The van der Waals surface area contributed by atoms with E-state index in [1.807, 2.05) is 13.0 Å². The molecule has 0 saturated carbocycles. The fourth-order valence-corrected chi connectivity index (χ4v) is 3.84. The number of thiazole rings is 1. The van der Waals surface area contributed by atoms with Crippen LogP contribution < -0.4 is 14.8 Å². The SMILES string of the molecule is Cc1sc(NC(=O)c2ccc3c(c2)CCO3)nc1-c1ccc(OC(F)F)cc1. The van der Waals surface area contributed by atoms with E-state index in [4.69, 9.17) is 4.74 Å². The number of aromatic nitrogens is 1. The van der Waals surface area contributed by atoms with Gasteiger partial charge in [-0.1, -0.05) is 0 Å². The second kappa shape index (κ2) is 7.55. The van der Waals surface area contributed by atoms with Gasteiger partial charge in [-0.25, -0.2) is 4.98 Å². The summed E-state index contributed by atoms with van der Waals surface area (Å²) in [6.45, 7) is -0.338. The lowest BCUT2D eigenvalue weighted by atomic mass is 10.1. The van der Waals surface area contributed by atoms with Crippen molar-refractivity contribution in [3.05, 3.63) is 58.5 Å². The number of nitrogens with zero attached hydrogens (tertiary/aromatic N) is 1. The van der Waals surface area contributed by atoms with Crippen LogP contribution in [0.15, 0.2) is 42.5 Å². The summed E-state index contributed by atoms with van der Waals surface area (Å²) >= 11 is 1.35. The Morgan fingerprint density at radius 3 is 2.79 bits per heavy atom. The predicted octanol–water partition coefficient (Wildman–Crippen LogP) is 4.91. The van der Waals surface area contributed by atoms with Gasteiger partial charge in [0.1, 0.15) is 11.5 Å². The molecule has 2 aromatic carbocycles. The Bertz CT molecular complexity index is 1020. The van der Waals surface area contributed by atoms with Crippen molar-refractivity contribution in [1.82, 2.24) is 4.98 Å². The van der Waals surface area contributed by atoms with Gasteiger partial charge < -0.3 is 9.47 Å². The highest BCUT2D eigenvalue weighted by atomic mass is 32.1. The van der Waals surface area contributed by atoms with Crippen molar-refractivity contribution >= 4 is 22.4 Å². The summed E-state index contributed by atoms with van der Waals surface area (Å²) in [5, 5.41) is 3.30. The van der Waals surface area contributed by atoms with E-state index in [9.17, 15) is 13.6 Å². The maximum Gasteiger partial charge on any atom is 0.387 e. The van der Waals surface area contributed by atoms with Crippen LogP contribution in [0.3, 0.4) is 0 Å². The Labute approximate surface area is 163 Å². The smallest absolute Gasteiger partial charge is 0.387 e. The van der Waals surface area contributed by atoms with Gasteiger partial charge in [0.25, 0.3) is 5.91 Å². The highest BCUT2D eigenvalue weighted by Gasteiger charge is 2.17. The zero-order chi connectivity index (χ0) is 19.7. The normalized spacial score (nSPS) is 12.6. The van der Waals surface area contributed by atoms with Crippen LogP contribution in [-0.2, 0) is 6.42 Å². The summed E-state index contributed by atoms with van der Waals surface area (Å²) in [7, 11) is 0. The molecule has 1 aliphatic rings. The molecular weight excluding hydrogens is 386 g/mol. The molecule has 0 aliphatic carbocycles. The van der Waals surface area contributed by atoms with E-state index in [0.717, 1.165) is 28.2 Å². The van der Waals surface area contributed by atoms with Gasteiger partial charge in [-0.05, 0) is 55.0 Å². The van der Waals surface area contributed by atoms with Crippen LogP contribution in [0.25, 0.3) is 11.3 Å². The van der Waals surface area contributed by atoms with Gasteiger partial charge in [0, 0.05) is 22.4 Å². The van der Waals surface area contributed by atoms with Gasteiger partial charge in [0.05, 0.1) is 12.3 Å². The molecule has 4 rings (SSSR count). The zero-order valence-electron chi connectivity index (χ0n) is 14.9. The van der Waals surface area contributed by atoms with Crippen LogP contribution in [0.2, 0.25) is 0 Å². The van der Waals surface area contributed by atoms with Gasteiger partial charge in [-0.3, -0.25) is 10.1 Å². The van der Waals surface area contributed by atoms with E-state index in [-0.39, 0.29) is 11.7 Å². The topological polar surface area (TPSA) is 60.5 Å². The molecule has 1 aromatic heterocycles. The first kappa shape index (κ1) is 18.4. The summed E-state index contributed by atoms with van der Waals surface area (Å²) in [4.78, 5) is 17.9. The summed E-state index contributed by atoms with van der Waals surface area (Å²) in [5.41, 5.74) is 3.01. The molecule has 1 aliphatic heterocycles. The molecule has 8 heteroatoms. The summed E-state index contributed by atoms with van der Waals surface area (Å²) < 4.78 is 34.3. The number of hydrogen-bond acceptors (Lipinski definition) is 5. The molecule has 3 aromatic rings. The fraction of sp³-hybridized carbons (Fsp3) is 0.200. The van der Waals surface area contributed by atoms with Gasteiger partial charge in [-0.2, -0.15) is 8.78 Å². The molecule has 2 heterocycles. The second-order valence-electron chi connectivity index (χ2n) is 6.20. The third-order valence-corrected chi connectivity index (χ3v) is 5.21. The average Bonchev–Trinajstić information content (AvgIpc) is 3.27. The van der Waals surface area contributed by atoms with Gasteiger partial charge in [0.2, 0.25) is 0 Å². The fourth-order valence-electron chi connectivity index (χ4n) is 3.01. The maximum atomic E-state index is 12.5. The van der Waals surface area contributed by atoms with Gasteiger partial charge in [0.15, 0.2) is 5.13 Å². The molecule has 0 unspecified atom stereocenters. The van der Waals surface area contributed by atoms with Gasteiger partial charge >= 0.3 is 6.61 Å². The van der Waals surface area contributed by atoms with E-state index in [1.165, 1.54) is 23.5 Å². The summed E-state index contributed by atoms with van der Waals surface area (Å²) in [6.07, 6.45) is 0.794. The summed E-state index contributed by atoms with van der Waals surface area (Å²) in [5.74, 6) is 0.666. The predicted molar refractivity (Wildman–Crippen MR) is 103 cm³/mol. The van der Waals surface area contributed by atoms with E-state index in [2.05, 4.69) is 15.0 Å². The van der Waals surface area contributed by atoms with E-state index < -0.39 is 6.61 Å². The lowest BCUT2D eigenvalue weighted by Crippen LogP contribution is -2.11. The molecule has 0 saturated heterocycles. The van der Waals surface area contributed by atoms with Crippen LogP contribution in [-0.4, -0.2) is 24.1 Å². The van der Waals surface area contributed by atoms with Crippen LogP contribution in [0.4, 0.5) is 13.9 Å². The average molecular weight is 402 g/mol. The highest BCUT2D eigenvalue weighted by Crippen LogP contribution is 2.32. The van der Waals surface area contributed by atoms with Crippen molar-refractivity contribution in [2.75, 3.05) is 11.9 Å². The molecular formula is C20H16F2N2O3S. The molecule has 5 nitrogen and oxygen atoms in total. The first-order valence-electron chi connectivity index (χ1n) is 8.59. The van der Waals surface area contributed by atoms with Crippen molar-refractivity contribution < 1.29 is 23.0 Å². The molecule has 1 N–H and O–H groups in total. The number of alkyl halides is 2. The number of rotatable bonds is 5. The third kappa shape index (κ3) is 3.82. The molecule has 0 atom stereocenters. The van der Waals surface area contributed by atoms with E-state index in [1.54, 1.807) is 24.3 Å². The Morgan fingerprint density at radius 1 is 1.25 bits per heavy atom. The molecule has 0 bridgehead atoms. The van der Waals surface area contributed by atoms with Gasteiger partial charge in [-0.15, -0.1) is 11.3 Å². The quantitative estimate of drug-likeness (QED) is 0.659. The Hall–Kier alpha value is -3.00. The number of amides is 1. The van der Waals surface area contributed by atoms with Crippen molar-refractivity contribution in [3.63, 3.8) is 0 Å². The van der Waals surface area contributed by atoms with E-state index >= 15 is 0 Å². The number of aryl methyl sites for hydroxylation is 1. The zero-order valence-corrected chi connectivity index (χ0v) is 15.7. The maximum absolute atomic E-state index is 12.5. The number of fused-ring (bicyclic) bond motifs is 1. The largest absolute Gasteiger partial charge is 0.493 e. The lowest BCUT2D eigenvalue weighted by Gasteiger charge is -2.05. The number of halogens is 2. The minimum absolute atomic E-state index is 0.0840. The number of nitrogens with one attached hydrogen (secondary N) is 1. The van der Waals surface area contributed by atoms with Crippen molar-refractivity contribution in [3.8, 4) is 22.8 Å². The molecule has 144 valence electrons. The van der Waals surface area contributed by atoms with Crippen LogP contribution in [0.1, 0.15) is 20.8 Å². The Balaban J connectivity index is 1.50. The first-order valence-corrected chi connectivity index (χ1v) is 9.41. The molecule has 0 fully saturated rings. The Kier molecular flexibility index (Phi) is 4.95. The third-order valence-electron chi connectivity index (χ3n) is 4.32. The molecule has 0 spiro atoms. The van der Waals surface area contributed by atoms with Crippen LogP contribution in [0, 0.1) is 6.92 Å². The monoisotopic (exact) mass is 402 g/mol. The lowest BCUT2D eigenvalue weighted by molar-refractivity contribution is -0.0498. The van der Waals surface area contributed by atoms with Crippen LogP contribution >= 0.6 is 11.3 Å². The molecule has 1 amide bonds.